The highest BCUT2D eigenvalue weighted by Crippen LogP contribution is 2.25. The predicted molar refractivity (Wildman–Crippen MR) is 92.5 cm³/mol. The van der Waals surface area contributed by atoms with Gasteiger partial charge < -0.3 is 16.0 Å². The lowest BCUT2D eigenvalue weighted by Gasteiger charge is -2.25. The van der Waals surface area contributed by atoms with Crippen LogP contribution in [-0.4, -0.2) is 31.6 Å². The SMILES string of the molecule is CN(C)c1nc(CN=C(N)NCC2CCC2)cs1.I. The molecule has 1 aliphatic rings. The van der Waals surface area contributed by atoms with E-state index in [1.54, 1.807) is 11.3 Å². The van der Waals surface area contributed by atoms with Gasteiger partial charge in [0, 0.05) is 26.0 Å². The lowest BCUT2D eigenvalue weighted by Crippen LogP contribution is -2.37. The highest BCUT2D eigenvalue weighted by atomic mass is 127. The van der Waals surface area contributed by atoms with Crippen LogP contribution < -0.4 is 16.0 Å². The van der Waals surface area contributed by atoms with Crippen molar-refractivity contribution in [3.63, 3.8) is 0 Å². The summed E-state index contributed by atoms with van der Waals surface area (Å²) in [6.45, 7) is 1.50. The van der Waals surface area contributed by atoms with Crippen LogP contribution >= 0.6 is 35.3 Å². The van der Waals surface area contributed by atoms with Crippen molar-refractivity contribution in [1.29, 1.82) is 0 Å². The van der Waals surface area contributed by atoms with Gasteiger partial charge in [0.25, 0.3) is 0 Å². The highest BCUT2D eigenvalue weighted by Gasteiger charge is 2.16. The van der Waals surface area contributed by atoms with E-state index in [0.717, 1.165) is 23.3 Å². The highest BCUT2D eigenvalue weighted by molar-refractivity contribution is 14.0. The number of rotatable bonds is 5. The smallest absolute Gasteiger partial charge is 0.188 e. The zero-order valence-corrected chi connectivity index (χ0v) is 14.6. The van der Waals surface area contributed by atoms with Gasteiger partial charge in [0.2, 0.25) is 0 Å². The van der Waals surface area contributed by atoms with E-state index in [4.69, 9.17) is 5.73 Å². The molecular formula is C12H22IN5S. The Hall–Kier alpha value is -0.570. The van der Waals surface area contributed by atoms with E-state index in [1.165, 1.54) is 19.3 Å². The fourth-order valence-electron chi connectivity index (χ4n) is 1.74. The number of aromatic nitrogens is 1. The van der Waals surface area contributed by atoms with Gasteiger partial charge in [-0.15, -0.1) is 35.3 Å². The molecule has 1 heterocycles. The topological polar surface area (TPSA) is 66.5 Å². The maximum Gasteiger partial charge on any atom is 0.188 e. The standard InChI is InChI=1S/C12H21N5S.HI/c1-17(2)12-16-10(8-18-12)7-15-11(13)14-6-9-4-3-5-9;/h8-9H,3-7H2,1-2H3,(H3,13,14,15);1H. The van der Waals surface area contributed by atoms with Crippen molar-refractivity contribution in [3.05, 3.63) is 11.1 Å². The number of nitrogens with zero attached hydrogens (tertiary/aromatic N) is 3. The van der Waals surface area contributed by atoms with Crippen LogP contribution in [0.3, 0.4) is 0 Å². The Bertz CT molecular complexity index is 414. The lowest BCUT2D eigenvalue weighted by atomic mass is 9.85. The van der Waals surface area contributed by atoms with E-state index in [-0.39, 0.29) is 24.0 Å². The molecule has 7 heteroatoms. The first-order valence-corrected chi connectivity index (χ1v) is 7.18. The van der Waals surface area contributed by atoms with E-state index in [1.807, 2.05) is 24.4 Å². The molecule has 0 aromatic carbocycles. The van der Waals surface area contributed by atoms with Gasteiger partial charge in [0.05, 0.1) is 12.2 Å². The summed E-state index contributed by atoms with van der Waals surface area (Å²) in [6, 6.07) is 0. The third-order valence-electron chi connectivity index (χ3n) is 3.13. The van der Waals surface area contributed by atoms with Crippen LogP contribution in [0, 0.1) is 5.92 Å². The predicted octanol–water partition coefficient (Wildman–Crippen LogP) is 2.03. The summed E-state index contributed by atoms with van der Waals surface area (Å²) in [4.78, 5) is 10.8. The molecule has 108 valence electrons. The number of hydrogen-bond donors (Lipinski definition) is 2. The number of thiazole rings is 1. The summed E-state index contributed by atoms with van der Waals surface area (Å²) in [7, 11) is 3.97. The van der Waals surface area contributed by atoms with E-state index in [9.17, 15) is 0 Å². The van der Waals surface area contributed by atoms with Crippen LogP contribution in [0.25, 0.3) is 0 Å². The molecule has 19 heavy (non-hydrogen) atoms. The van der Waals surface area contributed by atoms with Gasteiger partial charge in [-0.05, 0) is 18.8 Å². The maximum atomic E-state index is 5.82. The average molecular weight is 395 g/mol. The van der Waals surface area contributed by atoms with Gasteiger partial charge in [-0.1, -0.05) is 6.42 Å². The number of halogens is 1. The van der Waals surface area contributed by atoms with E-state index < -0.39 is 0 Å². The summed E-state index contributed by atoms with van der Waals surface area (Å²) in [5.41, 5.74) is 6.79. The minimum absolute atomic E-state index is 0. The van der Waals surface area contributed by atoms with E-state index in [0.29, 0.717) is 12.5 Å². The minimum Gasteiger partial charge on any atom is -0.370 e. The number of nitrogens with two attached hydrogens (primary N) is 1. The monoisotopic (exact) mass is 395 g/mol. The first-order valence-electron chi connectivity index (χ1n) is 6.30. The van der Waals surface area contributed by atoms with E-state index in [2.05, 4.69) is 15.3 Å². The van der Waals surface area contributed by atoms with Crippen molar-refractivity contribution >= 4 is 46.4 Å². The third kappa shape index (κ3) is 5.13. The maximum absolute atomic E-state index is 5.82. The molecular weight excluding hydrogens is 373 g/mol. The van der Waals surface area contributed by atoms with E-state index >= 15 is 0 Å². The molecule has 0 spiro atoms. The summed E-state index contributed by atoms with van der Waals surface area (Å²) >= 11 is 1.62. The summed E-state index contributed by atoms with van der Waals surface area (Å²) in [6.07, 6.45) is 3.99. The van der Waals surface area contributed by atoms with Gasteiger partial charge in [-0.2, -0.15) is 0 Å². The van der Waals surface area contributed by atoms with Crippen LogP contribution in [-0.2, 0) is 6.54 Å². The molecule has 1 saturated carbocycles. The second-order valence-corrected chi connectivity index (χ2v) is 5.73. The molecule has 1 aromatic rings. The summed E-state index contributed by atoms with van der Waals surface area (Å²) in [5.74, 6) is 1.32. The van der Waals surface area contributed by atoms with Crippen LogP contribution in [0.5, 0.6) is 0 Å². The number of nitrogens with one attached hydrogen (secondary N) is 1. The summed E-state index contributed by atoms with van der Waals surface area (Å²) in [5, 5.41) is 6.20. The minimum atomic E-state index is 0. The molecule has 1 aromatic heterocycles. The molecule has 0 unspecified atom stereocenters. The molecule has 2 rings (SSSR count). The van der Waals surface area contributed by atoms with Crippen LogP contribution in [0.4, 0.5) is 5.13 Å². The van der Waals surface area contributed by atoms with Crippen molar-refractivity contribution in [2.24, 2.45) is 16.6 Å². The molecule has 0 aliphatic heterocycles. The molecule has 0 radical (unpaired) electrons. The van der Waals surface area contributed by atoms with Gasteiger partial charge in [-0.3, -0.25) is 0 Å². The Balaban J connectivity index is 0.00000180. The Labute approximate surface area is 135 Å². The van der Waals surface area contributed by atoms with Crippen molar-refractivity contribution in [2.75, 3.05) is 25.5 Å². The van der Waals surface area contributed by atoms with Crippen LogP contribution in [0.2, 0.25) is 0 Å². The average Bonchev–Trinajstić information content (AvgIpc) is 2.73. The number of guanidine groups is 1. The van der Waals surface area contributed by atoms with Crippen molar-refractivity contribution in [2.45, 2.75) is 25.8 Å². The Morgan fingerprint density at radius 3 is 2.84 bits per heavy atom. The number of hydrogen-bond acceptors (Lipinski definition) is 4. The fraction of sp³-hybridized carbons (Fsp3) is 0.667. The zero-order valence-electron chi connectivity index (χ0n) is 11.4. The molecule has 1 fully saturated rings. The molecule has 0 saturated heterocycles. The third-order valence-corrected chi connectivity index (χ3v) is 4.19. The van der Waals surface area contributed by atoms with Crippen LogP contribution in [0.15, 0.2) is 10.4 Å². The molecule has 3 N–H and O–H groups in total. The normalized spacial score (nSPS) is 15.6. The zero-order chi connectivity index (χ0) is 13.0. The first kappa shape index (κ1) is 16.5. The van der Waals surface area contributed by atoms with Crippen LogP contribution in [0.1, 0.15) is 25.0 Å². The van der Waals surface area contributed by atoms with Gasteiger partial charge in [0.1, 0.15) is 0 Å². The second-order valence-electron chi connectivity index (χ2n) is 4.90. The molecule has 0 amide bonds. The largest absolute Gasteiger partial charge is 0.370 e. The lowest BCUT2D eigenvalue weighted by molar-refractivity contribution is 0.315. The summed E-state index contributed by atoms with van der Waals surface area (Å²) < 4.78 is 0. The number of anilines is 1. The fourth-order valence-corrected chi connectivity index (χ4v) is 2.49. The van der Waals surface area contributed by atoms with Crippen molar-refractivity contribution < 1.29 is 0 Å². The second kappa shape index (κ2) is 7.88. The number of aliphatic imine (C=N–C) groups is 1. The molecule has 0 bridgehead atoms. The molecule has 5 nitrogen and oxygen atoms in total. The Kier molecular flexibility index (Phi) is 6.84. The Morgan fingerprint density at radius 2 is 2.32 bits per heavy atom. The van der Waals surface area contributed by atoms with Crippen molar-refractivity contribution in [3.8, 4) is 0 Å². The first-order chi connectivity index (χ1) is 8.65. The quantitative estimate of drug-likeness (QED) is 0.455. The van der Waals surface area contributed by atoms with Gasteiger partial charge in [0.15, 0.2) is 11.1 Å². The molecule has 0 atom stereocenters. The van der Waals surface area contributed by atoms with Gasteiger partial charge in [-0.25, -0.2) is 9.98 Å². The Morgan fingerprint density at radius 1 is 1.58 bits per heavy atom. The molecule has 1 aliphatic carbocycles. The van der Waals surface area contributed by atoms with Gasteiger partial charge >= 0.3 is 0 Å². The van der Waals surface area contributed by atoms with Crippen molar-refractivity contribution in [1.82, 2.24) is 10.3 Å².